The Morgan fingerprint density at radius 1 is 1.46 bits per heavy atom. The van der Waals surface area contributed by atoms with Crippen molar-refractivity contribution in [3.8, 4) is 0 Å². The minimum Gasteiger partial charge on any atom is -0.449 e. The Morgan fingerprint density at radius 3 is 2.75 bits per heavy atom. The fourth-order valence-electron chi connectivity index (χ4n) is 2.25. The summed E-state index contributed by atoms with van der Waals surface area (Å²) >= 11 is 0. The molecular weight excluding hydrogens is 317 g/mol. The lowest BCUT2D eigenvalue weighted by Gasteiger charge is -2.21. The standard InChI is InChI=1S/C16H26FN3O4/c1-4-5-6-9-23-16(22)19-15(18-3)13(17)10-20(11-21)14-8-7-12(2)24-14/h10-12,14H,4-9H2,1-3H3,(H,18,19,22)/b13-10+. The third-order valence-electron chi connectivity index (χ3n) is 3.58. The number of aliphatic imine (C=N–C) groups is 1. The number of ether oxygens (including phenoxy) is 2. The van der Waals surface area contributed by atoms with E-state index in [-0.39, 0.29) is 18.5 Å². The van der Waals surface area contributed by atoms with Crippen molar-refractivity contribution < 1.29 is 23.5 Å². The molecule has 1 saturated heterocycles. The van der Waals surface area contributed by atoms with Gasteiger partial charge >= 0.3 is 6.09 Å². The number of amidine groups is 1. The Hall–Kier alpha value is -1.96. The second-order valence-electron chi connectivity index (χ2n) is 5.55. The molecule has 1 N–H and O–H groups in total. The number of unbranched alkanes of at least 4 members (excludes halogenated alkanes) is 2. The highest BCUT2D eigenvalue weighted by Gasteiger charge is 2.26. The molecule has 1 heterocycles. The van der Waals surface area contributed by atoms with Gasteiger partial charge in [-0.25, -0.2) is 9.18 Å². The van der Waals surface area contributed by atoms with Gasteiger partial charge < -0.3 is 9.47 Å². The first-order chi connectivity index (χ1) is 11.5. The van der Waals surface area contributed by atoms with E-state index in [1.807, 2.05) is 13.8 Å². The summed E-state index contributed by atoms with van der Waals surface area (Å²) in [6.07, 6.45) is 4.30. The van der Waals surface area contributed by atoms with E-state index in [1.54, 1.807) is 0 Å². The van der Waals surface area contributed by atoms with Gasteiger partial charge in [0.1, 0.15) is 6.23 Å². The van der Waals surface area contributed by atoms with Crippen molar-refractivity contribution in [2.75, 3.05) is 13.7 Å². The fourth-order valence-corrected chi connectivity index (χ4v) is 2.25. The molecule has 1 aliphatic heterocycles. The maximum atomic E-state index is 14.3. The zero-order valence-electron chi connectivity index (χ0n) is 14.5. The van der Waals surface area contributed by atoms with Crippen molar-refractivity contribution in [3.05, 3.63) is 12.0 Å². The minimum atomic E-state index is -0.849. The van der Waals surface area contributed by atoms with E-state index in [4.69, 9.17) is 9.47 Å². The molecule has 0 aromatic carbocycles. The molecule has 0 aromatic rings. The van der Waals surface area contributed by atoms with Crippen LogP contribution in [0.25, 0.3) is 0 Å². The van der Waals surface area contributed by atoms with Crippen LogP contribution >= 0.6 is 0 Å². The number of amides is 2. The molecule has 1 aliphatic rings. The number of hydrogen-bond donors (Lipinski definition) is 1. The van der Waals surface area contributed by atoms with Crippen LogP contribution in [0.5, 0.6) is 0 Å². The number of alkyl carbamates (subject to hydrolysis) is 1. The number of halogens is 1. The lowest BCUT2D eigenvalue weighted by molar-refractivity contribution is -0.125. The molecule has 0 saturated carbocycles. The quantitative estimate of drug-likeness (QED) is 0.318. The maximum absolute atomic E-state index is 14.3. The Labute approximate surface area is 141 Å². The zero-order chi connectivity index (χ0) is 17.9. The molecule has 0 radical (unpaired) electrons. The highest BCUT2D eigenvalue weighted by Crippen LogP contribution is 2.22. The molecular formula is C16H26FN3O4. The van der Waals surface area contributed by atoms with Crippen molar-refractivity contribution in [2.24, 2.45) is 4.99 Å². The Kier molecular flexibility index (Phi) is 8.99. The van der Waals surface area contributed by atoms with Gasteiger partial charge in [-0.3, -0.25) is 20.0 Å². The Morgan fingerprint density at radius 2 is 2.21 bits per heavy atom. The van der Waals surface area contributed by atoms with Gasteiger partial charge in [0, 0.05) is 13.2 Å². The summed E-state index contributed by atoms with van der Waals surface area (Å²) in [7, 11) is 1.33. The summed E-state index contributed by atoms with van der Waals surface area (Å²) in [6.45, 7) is 4.18. The number of hydrogen-bond acceptors (Lipinski definition) is 5. The second-order valence-corrected chi connectivity index (χ2v) is 5.55. The normalized spacial score (nSPS) is 21.5. The van der Waals surface area contributed by atoms with E-state index in [0.717, 1.165) is 36.8 Å². The first-order valence-electron chi connectivity index (χ1n) is 8.18. The molecule has 1 fully saturated rings. The predicted molar refractivity (Wildman–Crippen MR) is 88.0 cm³/mol. The van der Waals surface area contributed by atoms with Crippen molar-refractivity contribution in [3.63, 3.8) is 0 Å². The van der Waals surface area contributed by atoms with Crippen molar-refractivity contribution >= 4 is 18.3 Å². The van der Waals surface area contributed by atoms with Crippen LogP contribution in [-0.2, 0) is 14.3 Å². The second kappa shape index (κ2) is 10.7. The van der Waals surface area contributed by atoms with Crippen LogP contribution in [0.3, 0.4) is 0 Å². The van der Waals surface area contributed by atoms with E-state index in [2.05, 4.69) is 10.3 Å². The Balaban J connectivity index is 2.59. The van der Waals surface area contributed by atoms with Gasteiger partial charge in [-0.1, -0.05) is 19.8 Å². The van der Waals surface area contributed by atoms with Gasteiger partial charge in [0.25, 0.3) is 0 Å². The molecule has 0 aliphatic carbocycles. The number of carbonyl (C=O) groups excluding carboxylic acids is 2. The van der Waals surface area contributed by atoms with Gasteiger partial charge in [-0.05, 0) is 26.2 Å². The van der Waals surface area contributed by atoms with Crippen LogP contribution < -0.4 is 5.32 Å². The Bertz CT molecular complexity index is 482. The average Bonchev–Trinajstić information content (AvgIpc) is 3.00. The van der Waals surface area contributed by atoms with Crippen molar-refractivity contribution in [1.82, 2.24) is 10.2 Å². The predicted octanol–water partition coefficient (Wildman–Crippen LogP) is 2.73. The summed E-state index contributed by atoms with van der Waals surface area (Å²) < 4.78 is 24.7. The van der Waals surface area contributed by atoms with E-state index in [1.165, 1.54) is 7.05 Å². The first-order valence-corrected chi connectivity index (χ1v) is 8.18. The first kappa shape index (κ1) is 20.1. The summed E-state index contributed by atoms with van der Waals surface area (Å²) in [5.74, 6) is -1.15. The fraction of sp³-hybridized carbons (Fsp3) is 0.688. The minimum absolute atomic E-state index is 0.0180. The van der Waals surface area contributed by atoms with Gasteiger partial charge in [0.05, 0.1) is 12.7 Å². The van der Waals surface area contributed by atoms with Crippen LogP contribution in [0.4, 0.5) is 9.18 Å². The van der Waals surface area contributed by atoms with Crippen LogP contribution in [0.1, 0.15) is 46.0 Å². The lowest BCUT2D eigenvalue weighted by atomic mass is 10.2. The average molecular weight is 343 g/mol. The molecule has 1 rings (SSSR count). The molecule has 2 unspecified atom stereocenters. The lowest BCUT2D eigenvalue weighted by Crippen LogP contribution is -2.34. The molecule has 0 spiro atoms. The monoisotopic (exact) mass is 343 g/mol. The molecule has 0 aromatic heterocycles. The molecule has 2 atom stereocenters. The number of carbonyl (C=O) groups is 2. The van der Waals surface area contributed by atoms with Gasteiger partial charge in [-0.15, -0.1) is 0 Å². The van der Waals surface area contributed by atoms with E-state index < -0.39 is 18.1 Å². The maximum Gasteiger partial charge on any atom is 0.412 e. The molecule has 8 heteroatoms. The summed E-state index contributed by atoms with van der Waals surface area (Å²) in [5.41, 5.74) is 0. The molecule has 2 amide bonds. The summed E-state index contributed by atoms with van der Waals surface area (Å²) in [4.78, 5) is 27.5. The molecule has 136 valence electrons. The van der Waals surface area contributed by atoms with E-state index in [9.17, 15) is 14.0 Å². The molecule has 0 bridgehead atoms. The third kappa shape index (κ3) is 6.66. The highest BCUT2D eigenvalue weighted by atomic mass is 19.1. The topological polar surface area (TPSA) is 80.2 Å². The number of nitrogens with one attached hydrogen (secondary N) is 1. The highest BCUT2D eigenvalue weighted by molar-refractivity contribution is 6.04. The molecule has 24 heavy (non-hydrogen) atoms. The number of rotatable bonds is 8. The zero-order valence-corrected chi connectivity index (χ0v) is 14.5. The third-order valence-corrected chi connectivity index (χ3v) is 3.58. The van der Waals surface area contributed by atoms with Crippen molar-refractivity contribution in [1.29, 1.82) is 0 Å². The SMILES string of the molecule is CCCCCOC(=O)NC(=N/C)/C(F)=C\N(C=O)C1CCC(C)O1. The molecule has 7 nitrogen and oxygen atoms in total. The van der Waals surface area contributed by atoms with E-state index >= 15 is 0 Å². The smallest absolute Gasteiger partial charge is 0.412 e. The summed E-state index contributed by atoms with van der Waals surface area (Å²) in [5, 5.41) is 2.23. The van der Waals surface area contributed by atoms with Crippen molar-refractivity contribution in [2.45, 2.75) is 58.3 Å². The van der Waals surface area contributed by atoms with Gasteiger partial charge in [0.2, 0.25) is 6.41 Å². The number of nitrogens with zero attached hydrogens (tertiary/aromatic N) is 2. The van der Waals surface area contributed by atoms with Crippen LogP contribution in [0, 0.1) is 0 Å². The summed E-state index contributed by atoms with van der Waals surface area (Å²) in [6, 6.07) is 0. The largest absolute Gasteiger partial charge is 0.449 e. The van der Waals surface area contributed by atoms with Crippen LogP contribution in [0.2, 0.25) is 0 Å². The van der Waals surface area contributed by atoms with Gasteiger partial charge in [0.15, 0.2) is 11.7 Å². The van der Waals surface area contributed by atoms with E-state index in [0.29, 0.717) is 12.8 Å². The van der Waals surface area contributed by atoms with Gasteiger partial charge in [-0.2, -0.15) is 0 Å². The van der Waals surface area contributed by atoms with Crippen LogP contribution in [0.15, 0.2) is 17.0 Å². The van der Waals surface area contributed by atoms with Crippen LogP contribution in [-0.4, -0.2) is 49.2 Å².